The molecule has 188 valence electrons. The van der Waals surface area contributed by atoms with Gasteiger partial charge in [0.15, 0.2) is 12.4 Å². The lowest BCUT2D eigenvalue weighted by Crippen LogP contribution is -2.57. The third-order valence-electron chi connectivity index (χ3n) is 9.84. The summed E-state index contributed by atoms with van der Waals surface area (Å²) < 4.78 is 0. The Bertz CT molecular complexity index is 944. The standard InChI is InChI=1S/C26H38N2O6/c1-15(23(31)32)27-22(30)14-34-28-18-7-10-24(3)17(13-18)5-6-19-20(24)8-11-25(4)21(19)9-12-26(25,33)16(2)29/h13,15,19-21,33H,5-12,14H2,1-4H3,(H,27,30)(H,31,32)/b28-18+/t15?,19-,20+,21+,24+,25+,26+/m1/s1. The number of ketones is 1. The van der Waals surface area contributed by atoms with E-state index in [0.29, 0.717) is 24.2 Å². The van der Waals surface area contributed by atoms with E-state index < -0.39 is 23.5 Å². The molecule has 0 aliphatic heterocycles. The quantitative estimate of drug-likeness (QED) is 0.508. The van der Waals surface area contributed by atoms with Gasteiger partial charge in [0.25, 0.3) is 5.91 Å². The molecule has 1 unspecified atom stereocenters. The molecule has 0 aromatic heterocycles. The molecule has 0 aromatic carbocycles. The monoisotopic (exact) mass is 474 g/mol. The number of carboxylic acids is 1. The Morgan fingerprint density at radius 2 is 1.85 bits per heavy atom. The molecule has 0 saturated heterocycles. The number of fused-ring (bicyclic) bond motifs is 5. The fourth-order valence-electron chi connectivity index (χ4n) is 7.76. The average molecular weight is 475 g/mol. The molecule has 34 heavy (non-hydrogen) atoms. The van der Waals surface area contributed by atoms with Gasteiger partial charge >= 0.3 is 5.97 Å². The van der Waals surface area contributed by atoms with Crippen LogP contribution in [0.4, 0.5) is 0 Å². The molecule has 8 heteroatoms. The summed E-state index contributed by atoms with van der Waals surface area (Å²) in [5, 5.41) is 26.7. The van der Waals surface area contributed by atoms with E-state index in [9.17, 15) is 19.5 Å². The third kappa shape index (κ3) is 3.88. The van der Waals surface area contributed by atoms with Crippen molar-refractivity contribution in [1.29, 1.82) is 0 Å². The van der Waals surface area contributed by atoms with Gasteiger partial charge in [0.2, 0.25) is 0 Å². The summed E-state index contributed by atoms with van der Waals surface area (Å²) >= 11 is 0. The van der Waals surface area contributed by atoms with Crippen molar-refractivity contribution in [2.24, 2.45) is 33.7 Å². The van der Waals surface area contributed by atoms with Gasteiger partial charge in [-0.3, -0.25) is 14.4 Å². The number of hydrogen-bond donors (Lipinski definition) is 3. The number of aliphatic carboxylic acids is 1. The first-order chi connectivity index (χ1) is 15.9. The molecule has 0 spiro atoms. The van der Waals surface area contributed by atoms with Crippen LogP contribution >= 0.6 is 0 Å². The van der Waals surface area contributed by atoms with Crippen LogP contribution in [0.2, 0.25) is 0 Å². The van der Waals surface area contributed by atoms with Crippen molar-refractivity contribution >= 4 is 23.4 Å². The van der Waals surface area contributed by atoms with Crippen molar-refractivity contribution < 1.29 is 29.4 Å². The highest BCUT2D eigenvalue weighted by Gasteiger charge is 2.65. The van der Waals surface area contributed by atoms with Crippen LogP contribution in [-0.2, 0) is 19.2 Å². The summed E-state index contributed by atoms with van der Waals surface area (Å²) in [6.45, 7) is 7.14. The lowest BCUT2D eigenvalue weighted by Gasteiger charge is -2.59. The van der Waals surface area contributed by atoms with Crippen molar-refractivity contribution in [1.82, 2.24) is 5.32 Å². The molecule has 4 rings (SSSR count). The number of hydrogen-bond acceptors (Lipinski definition) is 6. The van der Waals surface area contributed by atoms with E-state index in [0.717, 1.165) is 50.7 Å². The molecule has 0 bridgehead atoms. The molecule has 3 fully saturated rings. The van der Waals surface area contributed by atoms with Gasteiger partial charge in [-0.15, -0.1) is 0 Å². The van der Waals surface area contributed by atoms with Gasteiger partial charge in [-0.05, 0) is 94.5 Å². The smallest absolute Gasteiger partial charge is 0.325 e. The molecule has 3 saturated carbocycles. The maximum atomic E-state index is 12.4. The van der Waals surface area contributed by atoms with Crippen LogP contribution in [0, 0.1) is 28.6 Å². The Morgan fingerprint density at radius 3 is 2.53 bits per heavy atom. The van der Waals surface area contributed by atoms with Gasteiger partial charge in [0.05, 0.1) is 5.71 Å². The average Bonchev–Trinajstić information content (AvgIpc) is 3.06. The molecule has 8 nitrogen and oxygen atoms in total. The highest BCUT2D eigenvalue weighted by molar-refractivity contribution is 5.96. The van der Waals surface area contributed by atoms with Gasteiger partial charge in [-0.2, -0.15) is 0 Å². The van der Waals surface area contributed by atoms with Gasteiger partial charge < -0.3 is 20.4 Å². The number of carboxylic acid groups (broad SMARTS) is 1. The van der Waals surface area contributed by atoms with Crippen molar-refractivity contribution in [3.05, 3.63) is 11.6 Å². The molecule has 4 aliphatic carbocycles. The van der Waals surface area contributed by atoms with Gasteiger partial charge in [0.1, 0.15) is 11.6 Å². The highest BCUT2D eigenvalue weighted by atomic mass is 16.6. The summed E-state index contributed by atoms with van der Waals surface area (Å²) in [5.74, 6) is -0.264. The van der Waals surface area contributed by atoms with Crippen LogP contribution in [0.15, 0.2) is 16.8 Å². The highest BCUT2D eigenvalue weighted by Crippen LogP contribution is 2.67. The second-order valence-electron chi connectivity index (χ2n) is 11.4. The maximum absolute atomic E-state index is 12.4. The number of rotatable bonds is 6. The first-order valence-corrected chi connectivity index (χ1v) is 12.6. The zero-order chi connectivity index (χ0) is 24.9. The summed E-state index contributed by atoms with van der Waals surface area (Å²) in [6, 6.07) is -0.972. The summed E-state index contributed by atoms with van der Waals surface area (Å²) in [5.41, 5.74) is 0.768. The molecule has 0 aromatic rings. The minimum Gasteiger partial charge on any atom is -0.480 e. The SMILES string of the molecule is CC(=O)[C@@]1(O)CC[C@H]2[C@@H]3CCC4=C/C(=N/OCC(=O)NC(C)C(=O)O)CC[C@]4(C)[C@H]3CC[C@@]21C. The Hall–Kier alpha value is -2.22. The van der Waals surface area contributed by atoms with E-state index in [1.165, 1.54) is 12.5 Å². The summed E-state index contributed by atoms with van der Waals surface area (Å²) in [4.78, 5) is 40.3. The Balaban J connectivity index is 1.44. The lowest BCUT2D eigenvalue weighted by molar-refractivity contribution is -0.159. The Morgan fingerprint density at radius 1 is 1.15 bits per heavy atom. The van der Waals surface area contributed by atoms with Crippen LogP contribution in [0.3, 0.4) is 0 Å². The number of aliphatic hydroxyl groups is 1. The predicted molar refractivity (Wildman–Crippen MR) is 126 cm³/mol. The number of carbonyl (C=O) groups is 3. The van der Waals surface area contributed by atoms with Crippen LogP contribution < -0.4 is 5.32 Å². The predicted octanol–water partition coefficient (Wildman–Crippen LogP) is 3.23. The first-order valence-electron chi connectivity index (χ1n) is 12.6. The summed E-state index contributed by atoms with van der Waals surface area (Å²) in [6.07, 6.45) is 9.29. The van der Waals surface area contributed by atoms with Crippen molar-refractivity contribution in [3.8, 4) is 0 Å². The molecular weight excluding hydrogens is 436 g/mol. The van der Waals surface area contributed by atoms with Gasteiger partial charge in [0, 0.05) is 5.41 Å². The number of amides is 1. The van der Waals surface area contributed by atoms with E-state index >= 15 is 0 Å². The van der Waals surface area contributed by atoms with E-state index in [-0.39, 0.29) is 23.2 Å². The van der Waals surface area contributed by atoms with Crippen molar-refractivity contribution in [3.63, 3.8) is 0 Å². The van der Waals surface area contributed by atoms with Crippen molar-refractivity contribution in [2.75, 3.05) is 6.61 Å². The first kappa shape index (κ1) is 24.9. The maximum Gasteiger partial charge on any atom is 0.325 e. The largest absolute Gasteiger partial charge is 0.480 e. The lowest BCUT2D eigenvalue weighted by atomic mass is 9.46. The zero-order valence-corrected chi connectivity index (χ0v) is 20.7. The normalized spacial score (nSPS) is 40.9. The van der Waals surface area contributed by atoms with Gasteiger partial charge in [-0.1, -0.05) is 24.6 Å². The number of nitrogens with one attached hydrogen (secondary N) is 1. The second-order valence-corrected chi connectivity index (χ2v) is 11.4. The minimum absolute atomic E-state index is 0.0779. The second kappa shape index (κ2) is 8.77. The summed E-state index contributed by atoms with van der Waals surface area (Å²) in [7, 11) is 0. The number of carbonyl (C=O) groups excluding carboxylic acids is 2. The van der Waals surface area contributed by atoms with E-state index in [1.807, 2.05) is 0 Å². The molecule has 0 heterocycles. The van der Waals surface area contributed by atoms with Crippen LogP contribution in [0.25, 0.3) is 0 Å². The third-order valence-corrected chi connectivity index (χ3v) is 9.84. The number of oxime groups is 1. The molecule has 3 N–H and O–H groups in total. The fraction of sp³-hybridized carbons (Fsp3) is 0.769. The van der Waals surface area contributed by atoms with Crippen LogP contribution in [-0.4, -0.2) is 51.8 Å². The van der Waals surface area contributed by atoms with Crippen molar-refractivity contribution in [2.45, 2.75) is 90.7 Å². The molecular formula is C26H38N2O6. The number of nitrogens with zero attached hydrogens (tertiary/aromatic N) is 1. The molecule has 0 radical (unpaired) electrons. The minimum atomic E-state index is -1.18. The van der Waals surface area contributed by atoms with Crippen LogP contribution in [0.5, 0.6) is 0 Å². The van der Waals surface area contributed by atoms with E-state index in [1.54, 1.807) is 6.92 Å². The fourth-order valence-corrected chi connectivity index (χ4v) is 7.76. The zero-order valence-electron chi connectivity index (χ0n) is 20.7. The topological polar surface area (TPSA) is 125 Å². The molecule has 4 aliphatic rings. The number of allylic oxidation sites excluding steroid dienone is 2. The van der Waals surface area contributed by atoms with E-state index in [4.69, 9.17) is 9.94 Å². The molecule has 7 atom stereocenters. The number of Topliss-reactive ketones (excluding diaryl/α,β-unsaturated/α-hetero) is 1. The molecule has 1 amide bonds. The van der Waals surface area contributed by atoms with Crippen LogP contribution in [0.1, 0.15) is 79.1 Å². The van der Waals surface area contributed by atoms with E-state index in [2.05, 4.69) is 30.4 Å². The Kier molecular flexibility index (Phi) is 6.42. The Labute approximate surface area is 201 Å². The van der Waals surface area contributed by atoms with Gasteiger partial charge in [-0.25, -0.2) is 0 Å².